The Bertz CT molecular complexity index is 569. The second kappa shape index (κ2) is 9.51. The van der Waals surface area contributed by atoms with E-state index in [4.69, 9.17) is 9.47 Å². The van der Waals surface area contributed by atoms with E-state index in [2.05, 4.69) is 40.7 Å². The summed E-state index contributed by atoms with van der Waals surface area (Å²) in [6.45, 7) is 1.74. The van der Waals surface area contributed by atoms with Crippen molar-refractivity contribution in [3.05, 3.63) is 23.8 Å². The minimum Gasteiger partial charge on any atom is -0.493 e. The summed E-state index contributed by atoms with van der Waals surface area (Å²) in [6, 6.07) is 6.60. The van der Waals surface area contributed by atoms with Gasteiger partial charge in [0.2, 0.25) is 0 Å². The first-order valence-electron chi connectivity index (χ1n) is 8.90. The second-order valence-electron chi connectivity index (χ2n) is 6.69. The molecule has 1 atom stereocenters. The van der Waals surface area contributed by atoms with Crippen molar-refractivity contribution in [2.45, 2.75) is 25.3 Å². The van der Waals surface area contributed by atoms with Gasteiger partial charge >= 0.3 is 0 Å². The number of benzene rings is 1. The van der Waals surface area contributed by atoms with Crippen LogP contribution in [0.2, 0.25) is 0 Å². The van der Waals surface area contributed by atoms with Gasteiger partial charge in [0.25, 0.3) is 0 Å². The molecule has 0 heterocycles. The van der Waals surface area contributed by atoms with Crippen LogP contribution in [0.15, 0.2) is 23.2 Å². The fourth-order valence-electron chi connectivity index (χ4n) is 3.04. The first-order valence-corrected chi connectivity index (χ1v) is 8.90. The third kappa shape index (κ3) is 5.81. The Labute approximate surface area is 151 Å². The van der Waals surface area contributed by atoms with E-state index in [-0.39, 0.29) is 0 Å². The highest BCUT2D eigenvalue weighted by Gasteiger charge is 2.32. The topological polar surface area (TPSA) is 58.1 Å². The van der Waals surface area contributed by atoms with E-state index in [9.17, 15) is 0 Å². The van der Waals surface area contributed by atoms with Crippen LogP contribution in [0, 0.1) is 5.92 Å². The predicted octanol–water partition coefficient (Wildman–Crippen LogP) is 1.75. The number of methoxy groups -OCH3 is 2. The van der Waals surface area contributed by atoms with Gasteiger partial charge < -0.3 is 25.0 Å². The molecular weight excluding hydrogens is 316 g/mol. The zero-order valence-electron chi connectivity index (χ0n) is 16.1. The maximum atomic E-state index is 5.35. The minimum absolute atomic E-state index is 0.574. The van der Waals surface area contributed by atoms with Crippen molar-refractivity contribution >= 4 is 5.96 Å². The SMILES string of the molecule is CN=C(NCCc1ccc(OC)c(OC)c1)NCC(C1CC1)N(C)C. The summed E-state index contributed by atoms with van der Waals surface area (Å²) in [5.74, 6) is 3.20. The van der Waals surface area contributed by atoms with Crippen LogP contribution in [0.1, 0.15) is 18.4 Å². The quantitative estimate of drug-likeness (QED) is 0.526. The molecule has 2 N–H and O–H groups in total. The molecule has 1 aromatic rings. The van der Waals surface area contributed by atoms with Gasteiger partial charge in [-0.3, -0.25) is 4.99 Å². The fraction of sp³-hybridized carbons (Fsp3) is 0.632. The van der Waals surface area contributed by atoms with Crippen LogP contribution in [0.3, 0.4) is 0 Å². The van der Waals surface area contributed by atoms with Gasteiger partial charge in [0, 0.05) is 26.2 Å². The van der Waals surface area contributed by atoms with Crippen molar-refractivity contribution in [2.75, 3.05) is 48.5 Å². The van der Waals surface area contributed by atoms with Gasteiger partial charge in [-0.05, 0) is 57.0 Å². The number of nitrogens with zero attached hydrogens (tertiary/aromatic N) is 2. The summed E-state index contributed by atoms with van der Waals surface area (Å²) >= 11 is 0. The monoisotopic (exact) mass is 348 g/mol. The molecule has 25 heavy (non-hydrogen) atoms. The zero-order valence-corrected chi connectivity index (χ0v) is 16.1. The summed E-state index contributed by atoms with van der Waals surface area (Å²) in [5, 5.41) is 6.84. The van der Waals surface area contributed by atoms with E-state index in [0.717, 1.165) is 42.9 Å². The number of ether oxygens (including phenoxy) is 2. The summed E-state index contributed by atoms with van der Waals surface area (Å²) in [4.78, 5) is 6.63. The number of nitrogens with one attached hydrogen (secondary N) is 2. The fourth-order valence-corrected chi connectivity index (χ4v) is 3.04. The Morgan fingerprint density at radius 2 is 1.92 bits per heavy atom. The molecule has 0 amide bonds. The number of likely N-dealkylation sites (N-methyl/N-ethyl adjacent to an activating group) is 1. The molecule has 140 valence electrons. The van der Waals surface area contributed by atoms with Gasteiger partial charge in [-0.2, -0.15) is 0 Å². The molecule has 0 aromatic heterocycles. The Morgan fingerprint density at radius 3 is 2.48 bits per heavy atom. The minimum atomic E-state index is 0.574. The number of hydrogen-bond acceptors (Lipinski definition) is 4. The molecule has 1 aromatic carbocycles. The summed E-state index contributed by atoms with van der Waals surface area (Å²) in [6.07, 6.45) is 3.58. The Balaban J connectivity index is 1.79. The van der Waals surface area contributed by atoms with Crippen LogP contribution in [-0.4, -0.2) is 65.4 Å². The molecule has 0 aliphatic heterocycles. The first kappa shape index (κ1) is 19.4. The van der Waals surface area contributed by atoms with Crippen molar-refractivity contribution in [3.8, 4) is 11.5 Å². The highest BCUT2D eigenvalue weighted by Crippen LogP contribution is 2.34. The molecule has 0 spiro atoms. The molecule has 1 aliphatic rings. The van der Waals surface area contributed by atoms with Crippen molar-refractivity contribution < 1.29 is 9.47 Å². The summed E-state index contributed by atoms with van der Waals surface area (Å²) < 4.78 is 10.6. The molecule has 2 rings (SSSR count). The van der Waals surface area contributed by atoms with Crippen molar-refractivity contribution in [3.63, 3.8) is 0 Å². The molecule has 1 aliphatic carbocycles. The average Bonchev–Trinajstić information content (AvgIpc) is 3.44. The van der Waals surface area contributed by atoms with Gasteiger partial charge in [0.05, 0.1) is 14.2 Å². The Hall–Kier alpha value is -1.95. The third-order valence-corrected chi connectivity index (χ3v) is 4.69. The lowest BCUT2D eigenvalue weighted by molar-refractivity contribution is 0.264. The smallest absolute Gasteiger partial charge is 0.191 e. The molecule has 1 unspecified atom stereocenters. The summed E-state index contributed by atoms with van der Waals surface area (Å²) in [5.41, 5.74) is 1.20. The van der Waals surface area contributed by atoms with Crippen LogP contribution < -0.4 is 20.1 Å². The Morgan fingerprint density at radius 1 is 1.20 bits per heavy atom. The Kier molecular flexibility index (Phi) is 7.37. The average molecular weight is 348 g/mol. The molecule has 0 bridgehead atoms. The molecule has 0 saturated heterocycles. The van der Waals surface area contributed by atoms with E-state index in [0.29, 0.717) is 6.04 Å². The third-order valence-electron chi connectivity index (χ3n) is 4.69. The van der Waals surface area contributed by atoms with E-state index in [1.165, 1.54) is 18.4 Å². The standard InChI is InChI=1S/C19H32N4O2/c1-20-19(22-13-16(23(2)3)15-7-8-15)21-11-10-14-6-9-17(24-4)18(12-14)25-5/h6,9,12,15-16H,7-8,10-11,13H2,1-5H3,(H2,20,21,22). The molecule has 0 radical (unpaired) electrons. The van der Waals surface area contributed by atoms with E-state index in [1.807, 2.05) is 19.2 Å². The van der Waals surface area contributed by atoms with Crippen LogP contribution in [-0.2, 0) is 6.42 Å². The molecule has 1 fully saturated rings. The normalized spacial score (nSPS) is 15.8. The van der Waals surface area contributed by atoms with Gasteiger partial charge in [-0.25, -0.2) is 0 Å². The largest absolute Gasteiger partial charge is 0.493 e. The van der Waals surface area contributed by atoms with Crippen LogP contribution in [0.25, 0.3) is 0 Å². The number of aliphatic imine (C=N–C) groups is 1. The molecule has 1 saturated carbocycles. The molecular formula is C19H32N4O2. The zero-order chi connectivity index (χ0) is 18.2. The number of guanidine groups is 1. The highest BCUT2D eigenvalue weighted by molar-refractivity contribution is 5.79. The van der Waals surface area contributed by atoms with Gasteiger partial charge in [0.1, 0.15) is 0 Å². The summed E-state index contributed by atoms with van der Waals surface area (Å²) in [7, 11) is 9.42. The van der Waals surface area contributed by atoms with Gasteiger partial charge in [0.15, 0.2) is 17.5 Å². The lowest BCUT2D eigenvalue weighted by Crippen LogP contribution is -2.46. The maximum absolute atomic E-state index is 5.35. The second-order valence-corrected chi connectivity index (χ2v) is 6.69. The number of rotatable bonds is 9. The van der Waals surface area contributed by atoms with Crippen molar-refractivity contribution in [2.24, 2.45) is 10.9 Å². The van der Waals surface area contributed by atoms with Crippen molar-refractivity contribution in [1.82, 2.24) is 15.5 Å². The first-order chi connectivity index (χ1) is 12.1. The van der Waals surface area contributed by atoms with Crippen LogP contribution >= 0.6 is 0 Å². The van der Waals surface area contributed by atoms with Gasteiger partial charge in [-0.1, -0.05) is 6.07 Å². The maximum Gasteiger partial charge on any atom is 0.191 e. The highest BCUT2D eigenvalue weighted by atomic mass is 16.5. The van der Waals surface area contributed by atoms with Crippen molar-refractivity contribution in [1.29, 1.82) is 0 Å². The predicted molar refractivity (Wildman–Crippen MR) is 103 cm³/mol. The molecule has 6 heteroatoms. The number of hydrogen-bond donors (Lipinski definition) is 2. The van der Waals surface area contributed by atoms with E-state index >= 15 is 0 Å². The van der Waals surface area contributed by atoms with Crippen LogP contribution in [0.4, 0.5) is 0 Å². The lowest BCUT2D eigenvalue weighted by Gasteiger charge is -2.25. The molecule has 6 nitrogen and oxygen atoms in total. The van der Waals surface area contributed by atoms with E-state index < -0.39 is 0 Å². The van der Waals surface area contributed by atoms with Gasteiger partial charge in [-0.15, -0.1) is 0 Å². The lowest BCUT2D eigenvalue weighted by atomic mass is 10.1. The van der Waals surface area contributed by atoms with Crippen LogP contribution in [0.5, 0.6) is 11.5 Å². The van der Waals surface area contributed by atoms with E-state index in [1.54, 1.807) is 14.2 Å².